The minimum atomic E-state index is 0.00512. The smallest absolute Gasteiger partial charge is 0.183 e. The van der Waals surface area contributed by atoms with E-state index >= 15 is 0 Å². The van der Waals surface area contributed by atoms with Crippen molar-refractivity contribution in [1.82, 2.24) is 9.38 Å². The maximum atomic E-state index is 11.3. The maximum absolute atomic E-state index is 11.3. The van der Waals surface area contributed by atoms with Crippen LogP contribution in [0.2, 0.25) is 0 Å². The van der Waals surface area contributed by atoms with Crippen LogP contribution in [0.3, 0.4) is 0 Å². The lowest BCUT2D eigenvalue weighted by Gasteiger charge is -2.03. The summed E-state index contributed by atoms with van der Waals surface area (Å²) < 4.78 is 2.99. The van der Waals surface area contributed by atoms with Gasteiger partial charge in [0.1, 0.15) is 5.65 Å². The highest BCUT2D eigenvalue weighted by Crippen LogP contribution is 2.27. The molecule has 1 N–H and O–H groups in total. The van der Waals surface area contributed by atoms with Crippen LogP contribution in [0, 0.1) is 0 Å². The van der Waals surface area contributed by atoms with Crippen LogP contribution in [0.1, 0.15) is 0 Å². The van der Waals surface area contributed by atoms with Crippen LogP contribution >= 0.6 is 15.9 Å². The summed E-state index contributed by atoms with van der Waals surface area (Å²) in [5.74, 6) is 0. The number of halogens is 1. The molecule has 4 heteroatoms. The fourth-order valence-corrected chi connectivity index (χ4v) is 2.38. The minimum absolute atomic E-state index is 0.00512. The number of nitrogens with one attached hydrogen (secondary N) is 1. The van der Waals surface area contributed by atoms with Crippen LogP contribution < -0.4 is 5.43 Å². The molecule has 2 aromatic heterocycles. The van der Waals surface area contributed by atoms with Gasteiger partial charge in [-0.25, -0.2) is 0 Å². The number of hydrogen-bond acceptors (Lipinski definition) is 1. The molecule has 0 aliphatic carbocycles. The van der Waals surface area contributed by atoms with Crippen LogP contribution in [0.15, 0.2) is 58.1 Å². The van der Waals surface area contributed by atoms with E-state index in [9.17, 15) is 4.79 Å². The van der Waals surface area contributed by atoms with Gasteiger partial charge in [-0.2, -0.15) is 0 Å². The molecule has 0 saturated carbocycles. The molecule has 0 saturated heterocycles. The molecule has 0 unspecified atom stereocenters. The maximum Gasteiger partial charge on any atom is 0.183 e. The molecule has 3 aromatic rings. The van der Waals surface area contributed by atoms with Crippen molar-refractivity contribution in [2.45, 2.75) is 0 Å². The van der Waals surface area contributed by atoms with Gasteiger partial charge in [0.05, 0.1) is 5.69 Å². The van der Waals surface area contributed by atoms with Gasteiger partial charge in [-0.1, -0.05) is 34.1 Å². The average molecular weight is 289 g/mol. The Morgan fingerprint density at radius 1 is 1.18 bits per heavy atom. The predicted octanol–water partition coefficient (Wildman–Crippen LogP) is 3.06. The molecule has 1 aromatic carbocycles. The number of pyridine rings is 1. The highest BCUT2D eigenvalue weighted by Gasteiger charge is 2.07. The highest BCUT2D eigenvalue weighted by atomic mass is 79.9. The fourth-order valence-electron chi connectivity index (χ4n) is 1.89. The Morgan fingerprint density at radius 3 is 2.82 bits per heavy atom. The van der Waals surface area contributed by atoms with Gasteiger partial charge in [0.15, 0.2) is 5.43 Å². The molecule has 2 heterocycles. The van der Waals surface area contributed by atoms with E-state index in [-0.39, 0.29) is 5.43 Å². The van der Waals surface area contributed by atoms with E-state index in [1.54, 1.807) is 18.3 Å². The standard InChI is InChI=1S/C13H9BrN2O/c14-11-4-2-1-3-10(11)12-8-15-13-7-9(17)5-6-16(12)13/h1-8,15H. The fraction of sp³-hybridized carbons (Fsp3) is 0. The van der Waals surface area contributed by atoms with Gasteiger partial charge in [0.25, 0.3) is 0 Å². The first-order valence-corrected chi connectivity index (χ1v) is 6.00. The lowest BCUT2D eigenvalue weighted by molar-refractivity contribution is 1.18. The third-order valence-corrected chi connectivity index (χ3v) is 3.38. The molecule has 0 fully saturated rings. The van der Waals surface area contributed by atoms with Crippen LogP contribution in [0.25, 0.3) is 16.9 Å². The summed E-state index contributed by atoms with van der Waals surface area (Å²) in [6.45, 7) is 0. The second-order valence-electron chi connectivity index (χ2n) is 3.77. The van der Waals surface area contributed by atoms with Gasteiger partial charge >= 0.3 is 0 Å². The monoisotopic (exact) mass is 288 g/mol. The molecule has 0 spiro atoms. The van der Waals surface area contributed by atoms with Gasteiger partial charge in [0, 0.05) is 34.6 Å². The van der Waals surface area contributed by atoms with E-state index < -0.39 is 0 Å². The van der Waals surface area contributed by atoms with Crippen molar-refractivity contribution in [2.24, 2.45) is 0 Å². The van der Waals surface area contributed by atoms with Crippen molar-refractivity contribution < 1.29 is 0 Å². The summed E-state index contributed by atoms with van der Waals surface area (Å²) in [6.07, 6.45) is 3.68. The van der Waals surface area contributed by atoms with Crippen molar-refractivity contribution in [3.63, 3.8) is 0 Å². The van der Waals surface area contributed by atoms with Crippen molar-refractivity contribution in [3.05, 3.63) is 63.5 Å². The molecular weight excluding hydrogens is 280 g/mol. The van der Waals surface area contributed by atoms with Gasteiger partial charge < -0.3 is 9.38 Å². The zero-order valence-corrected chi connectivity index (χ0v) is 10.4. The zero-order chi connectivity index (χ0) is 11.8. The minimum Gasteiger partial charge on any atom is -0.346 e. The predicted molar refractivity (Wildman–Crippen MR) is 71.2 cm³/mol. The molecule has 84 valence electrons. The Labute approximate surface area is 106 Å². The second-order valence-corrected chi connectivity index (χ2v) is 4.63. The number of benzene rings is 1. The number of imidazole rings is 1. The molecule has 3 rings (SSSR count). The Kier molecular flexibility index (Phi) is 2.37. The van der Waals surface area contributed by atoms with Gasteiger partial charge in [-0.05, 0) is 6.07 Å². The number of aromatic amines is 1. The molecule has 0 radical (unpaired) electrons. The summed E-state index contributed by atoms with van der Waals surface area (Å²) in [5.41, 5.74) is 2.91. The normalized spacial score (nSPS) is 10.9. The van der Waals surface area contributed by atoms with Crippen LogP contribution in [-0.2, 0) is 0 Å². The first-order chi connectivity index (χ1) is 8.25. The summed E-state index contributed by atoms with van der Waals surface area (Å²) in [6, 6.07) is 11.1. The lowest BCUT2D eigenvalue weighted by Crippen LogP contribution is -1.99. The van der Waals surface area contributed by atoms with Crippen molar-refractivity contribution in [1.29, 1.82) is 0 Å². The van der Waals surface area contributed by atoms with E-state index in [1.807, 2.05) is 34.9 Å². The molecule has 17 heavy (non-hydrogen) atoms. The number of fused-ring (bicyclic) bond motifs is 1. The molecule has 0 atom stereocenters. The van der Waals surface area contributed by atoms with Gasteiger partial charge in [-0.15, -0.1) is 0 Å². The molecule has 3 nitrogen and oxygen atoms in total. The van der Waals surface area contributed by atoms with Gasteiger partial charge in [0.2, 0.25) is 0 Å². The van der Waals surface area contributed by atoms with Crippen LogP contribution in [0.4, 0.5) is 0 Å². The molecular formula is C13H9BrN2O. The largest absolute Gasteiger partial charge is 0.346 e. The van der Waals surface area contributed by atoms with E-state index in [1.165, 1.54) is 0 Å². The van der Waals surface area contributed by atoms with Crippen molar-refractivity contribution in [3.8, 4) is 11.3 Å². The number of H-pyrrole nitrogens is 1. The zero-order valence-electron chi connectivity index (χ0n) is 8.85. The van der Waals surface area contributed by atoms with E-state index in [0.29, 0.717) is 0 Å². The van der Waals surface area contributed by atoms with Crippen molar-refractivity contribution >= 4 is 21.6 Å². The third kappa shape index (κ3) is 1.70. The second kappa shape index (κ2) is 3.89. The molecule has 0 aliphatic rings. The summed E-state index contributed by atoms with van der Waals surface area (Å²) in [4.78, 5) is 14.4. The lowest BCUT2D eigenvalue weighted by atomic mass is 10.2. The van der Waals surface area contributed by atoms with E-state index in [0.717, 1.165) is 21.4 Å². The molecule has 0 aliphatic heterocycles. The third-order valence-electron chi connectivity index (χ3n) is 2.69. The molecule has 0 amide bonds. The number of rotatable bonds is 1. The van der Waals surface area contributed by atoms with Gasteiger partial charge in [-0.3, -0.25) is 4.79 Å². The number of aromatic nitrogens is 2. The highest BCUT2D eigenvalue weighted by molar-refractivity contribution is 9.10. The first kappa shape index (κ1) is 10.4. The Balaban J connectivity index is 2.32. The Morgan fingerprint density at radius 2 is 2.00 bits per heavy atom. The Bertz CT molecular complexity index is 742. The number of nitrogens with zero attached hydrogens (tertiary/aromatic N) is 1. The topological polar surface area (TPSA) is 37.3 Å². The van der Waals surface area contributed by atoms with E-state index in [4.69, 9.17) is 0 Å². The quantitative estimate of drug-likeness (QED) is 0.734. The van der Waals surface area contributed by atoms with Crippen molar-refractivity contribution in [2.75, 3.05) is 0 Å². The summed E-state index contributed by atoms with van der Waals surface area (Å²) in [7, 11) is 0. The summed E-state index contributed by atoms with van der Waals surface area (Å²) >= 11 is 3.53. The summed E-state index contributed by atoms with van der Waals surface area (Å²) in [5, 5.41) is 0. The van der Waals surface area contributed by atoms with E-state index in [2.05, 4.69) is 20.9 Å². The number of hydrogen-bond donors (Lipinski definition) is 1. The average Bonchev–Trinajstić information content (AvgIpc) is 2.72. The SMILES string of the molecule is O=c1ccn2c(-c3ccccc3Br)c[nH]c2c1. The van der Waals surface area contributed by atoms with Crippen LogP contribution in [-0.4, -0.2) is 9.38 Å². The molecule has 0 bridgehead atoms. The Hall–Kier alpha value is -1.81. The first-order valence-electron chi connectivity index (χ1n) is 5.20. The van der Waals surface area contributed by atoms with Crippen LogP contribution in [0.5, 0.6) is 0 Å².